The molecule has 1 N–H and O–H groups in total. The summed E-state index contributed by atoms with van der Waals surface area (Å²) in [4.78, 5) is 17.5. The number of alkyl halides is 3. The highest BCUT2D eigenvalue weighted by atomic mass is 19.4. The van der Waals surface area contributed by atoms with Crippen molar-refractivity contribution in [3.05, 3.63) is 65.2 Å². The third-order valence-corrected chi connectivity index (χ3v) is 6.31. The van der Waals surface area contributed by atoms with Gasteiger partial charge in [0.05, 0.1) is 24.1 Å². The number of carbonyl (C=O) groups excluding carboxylic acids is 1. The van der Waals surface area contributed by atoms with E-state index in [1.54, 1.807) is 13.2 Å². The fourth-order valence-corrected chi connectivity index (χ4v) is 4.75. The summed E-state index contributed by atoms with van der Waals surface area (Å²) in [5.74, 6) is -0.567. The standard InChI is InChI=1S/C24H28F3N3O2/c1-32-12-9-28-23(31)20-14-18-13-19(24(25,26)27)7-8-21(18)30-11-10-29(16-22(20)30)15-17-5-3-2-4-6-17/h2-8,13,20,22H,9-12,14-16H2,1H3,(H,28,31)/t20-,22+/m0/s1. The molecule has 0 unspecified atom stereocenters. The SMILES string of the molecule is COCCNC(=O)[C@H]1Cc2cc(C(F)(F)F)ccc2N2CCN(Cc3ccccc3)C[C@H]12. The number of amides is 1. The van der Waals surface area contributed by atoms with Crippen LogP contribution in [0, 0.1) is 5.92 Å². The van der Waals surface area contributed by atoms with Gasteiger partial charge in [-0.1, -0.05) is 30.3 Å². The molecular formula is C24H28F3N3O2. The highest BCUT2D eigenvalue weighted by molar-refractivity contribution is 5.82. The Morgan fingerprint density at radius 2 is 1.94 bits per heavy atom. The number of hydrogen-bond acceptors (Lipinski definition) is 4. The molecule has 1 fully saturated rings. The van der Waals surface area contributed by atoms with Crippen LogP contribution in [0.25, 0.3) is 0 Å². The number of ether oxygens (including phenoxy) is 1. The molecule has 0 aromatic heterocycles. The van der Waals surface area contributed by atoms with Crippen LogP contribution >= 0.6 is 0 Å². The minimum absolute atomic E-state index is 0.0979. The number of benzene rings is 2. The van der Waals surface area contributed by atoms with Crippen molar-refractivity contribution in [1.82, 2.24) is 10.2 Å². The molecule has 0 bridgehead atoms. The largest absolute Gasteiger partial charge is 0.416 e. The highest BCUT2D eigenvalue weighted by Gasteiger charge is 2.42. The highest BCUT2D eigenvalue weighted by Crippen LogP contribution is 2.39. The van der Waals surface area contributed by atoms with E-state index in [1.807, 2.05) is 18.2 Å². The van der Waals surface area contributed by atoms with Crippen molar-refractivity contribution in [2.45, 2.75) is 25.2 Å². The molecular weight excluding hydrogens is 419 g/mol. The summed E-state index contributed by atoms with van der Waals surface area (Å²) in [6, 6.07) is 14.0. The summed E-state index contributed by atoms with van der Waals surface area (Å²) >= 11 is 0. The fourth-order valence-electron chi connectivity index (χ4n) is 4.75. The number of piperazine rings is 1. The molecule has 0 saturated carbocycles. The monoisotopic (exact) mass is 447 g/mol. The maximum atomic E-state index is 13.3. The lowest BCUT2D eigenvalue weighted by molar-refractivity contribution is -0.137. The van der Waals surface area contributed by atoms with E-state index in [-0.39, 0.29) is 11.9 Å². The first-order valence-corrected chi connectivity index (χ1v) is 10.9. The Balaban J connectivity index is 1.59. The Hall–Kier alpha value is -2.58. The van der Waals surface area contributed by atoms with Gasteiger partial charge in [0.2, 0.25) is 5.91 Å². The van der Waals surface area contributed by atoms with Crippen molar-refractivity contribution in [2.24, 2.45) is 5.92 Å². The van der Waals surface area contributed by atoms with Gasteiger partial charge in [-0.3, -0.25) is 9.69 Å². The molecule has 172 valence electrons. The molecule has 2 aliphatic heterocycles. The Morgan fingerprint density at radius 3 is 2.66 bits per heavy atom. The van der Waals surface area contributed by atoms with Gasteiger partial charge in [-0.05, 0) is 35.7 Å². The first kappa shape index (κ1) is 22.6. The van der Waals surface area contributed by atoms with Gasteiger partial charge in [-0.15, -0.1) is 0 Å². The van der Waals surface area contributed by atoms with Crippen molar-refractivity contribution in [3.8, 4) is 0 Å². The van der Waals surface area contributed by atoms with Crippen molar-refractivity contribution >= 4 is 11.6 Å². The Morgan fingerprint density at radius 1 is 1.16 bits per heavy atom. The van der Waals surface area contributed by atoms with Gasteiger partial charge < -0.3 is 15.0 Å². The van der Waals surface area contributed by atoms with Crippen molar-refractivity contribution in [1.29, 1.82) is 0 Å². The van der Waals surface area contributed by atoms with E-state index in [1.165, 1.54) is 11.6 Å². The second-order valence-corrected chi connectivity index (χ2v) is 8.42. The third-order valence-electron chi connectivity index (χ3n) is 6.31. The van der Waals surface area contributed by atoms with E-state index in [9.17, 15) is 18.0 Å². The zero-order valence-corrected chi connectivity index (χ0v) is 18.1. The van der Waals surface area contributed by atoms with Gasteiger partial charge in [0.25, 0.3) is 0 Å². The molecule has 2 aromatic carbocycles. The normalized spacial score (nSPS) is 21.1. The lowest BCUT2D eigenvalue weighted by Gasteiger charge is -2.49. The first-order chi connectivity index (χ1) is 15.4. The summed E-state index contributed by atoms with van der Waals surface area (Å²) < 4.78 is 44.9. The zero-order chi connectivity index (χ0) is 22.7. The summed E-state index contributed by atoms with van der Waals surface area (Å²) in [7, 11) is 1.56. The number of halogens is 3. The molecule has 4 rings (SSSR count). The molecule has 2 aliphatic rings. The third kappa shape index (κ3) is 4.91. The minimum Gasteiger partial charge on any atom is -0.383 e. The van der Waals surface area contributed by atoms with Crippen molar-refractivity contribution in [2.75, 3.05) is 44.8 Å². The van der Waals surface area contributed by atoms with Crippen LogP contribution in [0.5, 0.6) is 0 Å². The smallest absolute Gasteiger partial charge is 0.383 e. The Labute approximate surface area is 186 Å². The molecule has 0 aliphatic carbocycles. The predicted molar refractivity (Wildman–Crippen MR) is 116 cm³/mol. The predicted octanol–water partition coefficient (Wildman–Crippen LogP) is 3.33. The van der Waals surface area contributed by atoms with Gasteiger partial charge in [0.1, 0.15) is 0 Å². The number of fused-ring (bicyclic) bond motifs is 3. The average Bonchev–Trinajstić information content (AvgIpc) is 2.78. The van der Waals surface area contributed by atoms with Crippen LogP contribution in [0.15, 0.2) is 48.5 Å². The second kappa shape index (κ2) is 9.50. The van der Waals surface area contributed by atoms with E-state index in [0.717, 1.165) is 24.8 Å². The molecule has 5 nitrogen and oxygen atoms in total. The molecule has 0 radical (unpaired) electrons. The van der Waals surface area contributed by atoms with E-state index in [2.05, 4.69) is 27.2 Å². The number of anilines is 1. The summed E-state index contributed by atoms with van der Waals surface area (Å²) in [5.41, 5.74) is 1.92. The second-order valence-electron chi connectivity index (χ2n) is 8.42. The lowest BCUT2D eigenvalue weighted by Crippen LogP contribution is -2.61. The number of carbonyl (C=O) groups is 1. The number of nitrogens with zero attached hydrogens (tertiary/aromatic N) is 2. The molecule has 2 atom stereocenters. The van der Waals surface area contributed by atoms with Crippen LogP contribution in [0.1, 0.15) is 16.7 Å². The van der Waals surface area contributed by atoms with Gasteiger partial charge >= 0.3 is 6.18 Å². The fraction of sp³-hybridized carbons (Fsp3) is 0.458. The maximum Gasteiger partial charge on any atom is 0.416 e. The number of rotatable bonds is 6. The van der Waals surface area contributed by atoms with Crippen LogP contribution in [-0.4, -0.2) is 56.7 Å². The molecule has 1 saturated heterocycles. The topological polar surface area (TPSA) is 44.8 Å². The van der Waals surface area contributed by atoms with Crippen LogP contribution < -0.4 is 10.2 Å². The van der Waals surface area contributed by atoms with Crippen molar-refractivity contribution < 1.29 is 22.7 Å². The summed E-state index contributed by atoms with van der Waals surface area (Å²) in [5, 5.41) is 2.90. The van der Waals surface area contributed by atoms with E-state index >= 15 is 0 Å². The summed E-state index contributed by atoms with van der Waals surface area (Å²) in [6.07, 6.45) is -4.12. The van der Waals surface area contributed by atoms with Crippen LogP contribution in [0.4, 0.5) is 18.9 Å². The van der Waals surface area contributed by atoms with Gasteiger partial charge in [0, 0.05) is 45.5 Å². The minimum atomic E-state index is -4.41. The van der Waals surface area contributed by atoms with Crippen LogP contribution in [-0.2, 0) is 28.7 Å². The molecule has 0 spiro atoms. The number of methoxy groups -OCH3 is 1. The maximum absolute atomic E-state index is 13.3. The zero-order valence-electron chi connectivity index (χ0n) is 18.1. The lowest BCUT2D eigenvalue weighted by atomic mass is 9.82. The molecule has 32 heavy (non-hydrogen) atoms. The van der Waals surface area contributed by atoms with Gasteiger partial charge in [-0.2, -0.15) is 13.2 Å². The average molecular weight is 448 g/mol. The summed E-state index contributed by atoms with van der Waals surface area (Å²) in [6.45, 7) is 3.67. The first-order valence-electron chi connectivity index (χ1n) is 10.9. The number of nitrogens with one attached hydrogen (secondary N) is 1. The quantitative estimate of drug-likeness (QED) is 0.690. The molecule has 8 heteroatoms. The molecule has 2 heterocycles. The Kier molecular flexibility index (Phi) is 6.71. The molecule has 2 aromatic rings. The van der Waals surface area contributed by atoms with Crippen LogP contribution in [0.2, 0.25) is 0 Å². The Bertz CT molecular complexity index is 936. The van der Waals surface area contributed by atoms with Crippen LogP contribution in [0.3, 0.4) is 0 Å². The van der Waals surface area contributed by atoms with Gasteiger partial charge in [0.15, 0.2) is 0 Å². The van der Waals surface area contributed by atoms with E-state index < -0.39 is 17.7 Å². The van der Waals surface area contributed by atoms with E-state index in [0.29, 0.717) is 38.2 Å². The molecule has 1 amide bonds. The van der Waals surface area contributed by atoms with Gasteiger partial charge in [-0.25, -0.2) is 0 Å². The van der Waals surface area contributed by atoms with E-state index in [4.69, 9.17) is 4.74 Å². The van der Waals surface area contributed by atoms with Crippen molar-refractivity contribution in [3.63, 3.8) is 0 Å². The number of hydrogen-bond donors (Lipinski definition) is 1.